The minimum absolute atomic E-state index is 0.175. The Bertz CT molecular complexity index is 1100. The lowest BCUT2D eigenvalue weighted by atomic mass is 10.2. The summed E-state index contributed by atoms with van der Waals surface area (Å²) in [6.07, 6.45) is 0. The number of carbonyl (C=O) groups is 1. The van der Waals surface area contributed by atoms with Crippen molar-refractivity contribution in [2.75, 3.05) is 11.9 Å². The van der Waals surface area contributed by atoms with Gasteiger partial charge in [0.2, 0.25) is 0 Å². The molecular weight excluding hydrogens is 444 g/mol. The van der Waals surface area contributed by atoms with E-state index in [1.165, 1.54) is 4.57 Å². The summed E-state index contributed by atoms with van der Waals surface area (Å²) in [5.74, 6) is 0.490. The fraction of sp³-hybridized carbons (Fsp3) is 0.250. The van der Waals surface area contributed by atoms with Crippen molar-refractivity contribution in [3.8, 4) is 0 Å². The number of carbonyl (C=O) groups excluding carboxylic acids is 1. The molecule has 28 heavy (non-hydrogen) atoms. The maximum Gasteiger partial charge on any atom is 0.322 e. The molecule has 1 atom stereocenters. The van der Waals surface area contributed by atoms with Crippen molar-refractivity contribution in [1.29, 1.82) is 0 Å². The molecule has 3 rings (SSSR count). The molecule has 0 aliphatic heterocycles. The minimum atomic E-state index is -0.423. The normalized spacial score (nSPS) is 12.0. The van der Waals surface area contributed by atoms with Gasteiger partial charge in [0, 0.05) is 23.1 Å². The Morgan fingerprint density at radius 3 is 2.71 bits per heavy atom. The van der Waals surface area contributed by atoms with Gasteiger partial charge in [0.1, 0.15) is 5.82 Å². The maximum atomic E-state index is 12.9. The number of hydrogen-bond acceptors (Lipinski definition) is 3. The molecule has 1 heterocycles. The summed E-state index contributed by atoms with van der Waals surface area (Å²) in [6, 6.07) is 11.7. The van der Waals surface area contributed by atoms with Crippen LogP contribution in [0.15, 0.2) is 51.7 Å². The van der Waals surface area contributed by atoms with Crippen LogP contribution in [0, 0.1) is 0 Å². The Balaban J connectivity index is 1.98. The molecule has 0 saturated carbocycles. The molecular formula is C20H20BrClN4O2. The second kappa shape index (κ2) is 8.32. The van der Waals surface area contributed by atoms with E-state index in [4.69, 9.17) is 11.6 Å². The predicted octanol–water partition coefficient (Wildman–Crippen LogP) is 4.96. The average molecular weight is 464 g/mol. The van der Waals surface area contributed by atoms with E-state index in [2.05, 4.69) is 26.2 Å². The Morgan fingerprint density at radius 2 is 2.04 bits per heavy atom. The number of nitrogens with zero attached hydrogens (tertiary/aromatic N) is 3. The summed E-state index contributed by atoms with van der Waals surface area (Å²) < 4.78 is 2.27. The number of aromatic nitrogens is 2. The lowest BCUT2D eigenvalue weighted by Crippen LogP contribution is -2.39. The fourth-order valence-electron chi connectivity index (χ4n) is 3.12. The SMILES string of the molecule is CCN(C(=O)Nc1ccccc1Br)C(C)c1nc2cc(Cl)ccc2c(=O)n1C. The number of benzene rings is 2. The van der Waals surface area contributed by atoms with E-state index in [9.17, 15) is 9.59 Å². The average Bonchev–Trinajstić information content (AvgIpc) is 2.66. The van der Waals surface area contributed by atoms with Crippen LogP contribution in [0.25, 0.3) is 10.9 Å². The topological polar surface area (TPSA) is 67.2 Å². The van der Waals surface area contributed by atoms with Gasteiger partial charge in [0.15, 0.2) is 0 Å². The van der Waals surface area contributed by atoms with Crippen LogP contribution in [0.4, 0.5) is 10.5 Å². The first-order valence-electron chi connectivity index (χ1n) is 8.81. The Morgan fingerprint density at radius 1 is 1.32 bits per heavy atom. The monoisotopic (exact) mass is 462 g/mol. The number of fused-ring (bicyclic) bond motifs is 1. The molecule has 1 unspecified atom stereocenters. The lowest BCUT2D eigenvalue weighted by Gasteiger charge is -2.29. The van der Waals surface area contributed by atoms with E-state index in [1.54, 1.807) is 30.1 Å². The molecule has 2 aromatic carbocycles. The summed E-state index contributed by atoms with van der Waals surface area (Å²) in [4.78, 5) is 31.9. The van der Waals surface area contributed by atoms with Crippen LogP contribution in [0.3, 0.4) is 0 Å². The van der Waals surface area contributed by atoms with Gasteiger partial charge >= 0.3 is 6.03 Å². The number of para-hydroxylation sites is 1. The van der Waals surface area contributed by atoms with Crippen molar-refractivity contribution in [2.45, 2.75) is 19.9 Å². The molecule has 0 radical (unpaired) electrons. The van der Waals surface area contributed by atoms with Gasteiger partial charge in [-0.15, -0.1) is 0 Å². The van der Waals surface area contributed by atoms with Crippen LogP contribution in [-0.2, 0) is 7.05 Å². The van der Waals surface area contributed by atoms with Crippen molar-refractivity contribution < 1.29 is 4.79 Å². The number of halogens is 2. The highest BCUT2D eigenvalue weighted by molar-refractivity contribution is 9.10. The van der Waals surface area contributed by atoms with Crippen LogP contribution >= 0.6 is 27.5 Å². The summed E-state index contributed by atoms with van der Waals surface area (Å²) in [5, 5.41) is 3.89. The van der Waals surface area contributed by atoms with E-state index in [-0.39, 0.29) is 11.6 Å². The van der Waals surface area contributed by atoms with Crippen LogP contribution < -0.4 is 10.9 Å². The van der Waals surface area contributed by atoms with E-state index < -0.39 is 6.04 Å². The second-order valence-electron chi connectivity index (χ2n) is 6.37. The number of hydrogen-bond donors (Lipinski definition) is 1. The molecule has 146 valence electrons. The number of rotatable bonds is 4. The fourth-order valence-corrected chi connectivity index (χ4v) is 3.67. The maximum absolute atomic E-state index is 12.9. The minimum Gasteiger partial charge on any atom is -0.315 e. The Kier molecular flexibility index (Phi) is 6.05. The molecule has 8 heteroatoms. The van der Waals surface area contributed by atoms with E-state index in [1.807, 2.05) is 38.1 Å². The molecule has 0 aliphatic rings. The van der Waals surface area contributed by atoms with Crippen LogP contribution in [0.1, 0.15) is 25.7 Å². The molecule has 0 aliphatic carbocycles. The van der Waals surface area contributed by atoms with Gasteiger partial charge < -0.3 is 10.2 Å². The van der Waals surface area contributed by atoms with E-state index >= 15 is 0 Å². The largest absolute Gasteiger partial charge is 0.322 e. The van der Waals surface area contributed by atoms with E-state index in [0.29, 0.717) is 34.0 Å². The summed E-state index contributed by atoms with van der Waals surface area (Å²) in [6.45, 7) is 4.17. The molecule has 3 aromatic rings. The van der Waals surface area contributed by atoms with Crippen LogP contribution in [0.2, 0.25) is 5.02 Å². The first-order valence-corrected chi connectivity index (χ1v) is 9.99. The van der Waals surface area contributed by atoms with Gasteiger partial charge in [-0.3, -0.25) is 9.36 Å². The standard InChI is InChI=1S/C20H20BrClN4O2/c1-4-26(20(28)24-16-8-6-5-7-15(16)21)12(2)18-23-17-11-13(22)9-10-14(17)19(27)25(18)3/h5-12H,4H2,1-3H3,(H,24,28). The Labute approximate surface area is 176 Å². The highest BCUT2D eigenvalue weighted by Gasteiger charge is 2.24. The third-order valence-corrected chi connectivity index (χ3v) is 5.56. The summed E-state index contributed by atoms with van der Waals surface area (Å²) in [5.41, 5.74) is 1.01. The third-order valence-electron chi connectivity index (χ3n) is 4.63. The van der Waals surface area contributed by atoms with Gasteiger partial charge in [0.05, 0.1) is 22.6 Å². The molecule has 1 N–H and O–H groups in total. The zero-order chi connectivity index (χ0) is 20.4. The zero-order valence-electron chi connectivity index (χ0n) is 15.7. The van der Waals surface area contributed by atoms with Gasteiger partial charge in [-0.1, -0.05) is 23.7 Å². The molecule has 6 nitrogen and oxygen atoms in total. The first-order chi connectivity index (χ1) is 13.3. The second-order valence-corrected chi connectivity index (χ2v) is 7.66. The zero-order valence-corrected chi connectivity index (χ0v) is 18.1. The van der Waals surface area contributed by atoms with E-state index in [0.717, 1.165) is 4.47 Å². The van der Waals surface area contributed by atoms with Crippen LogP contribution in [0.5, 0.6) is 0 Å². The molecule has 0 bridgehead atoms. The Hall–Kier alpha value is -2.38. The number of nitrogens with one attached hydrogen (secondary N) is 1. The van der Waals surface area contributed by atoms with Gasteiger partial charge in [-0.25, -0.2) is 9.78 Å². The van der Waals surface area contributed by atoms with Gasteiger partial charge in [0.25, 0.3) is 5.56 Å². The number of anilines is 1. The molecule has 2 amide bonds. The van der Waals surface area contributed by atoms with Crippen molar-refractivity contribution in [3.63, 3.8) is 0 Å². The first kappa shape index (κ1) is 20.4. The lowest BCUT2D eigenvalue weighted by molar-refractivity contribution is 0.193. The smallest absolute Gasteiger partial charge is 0.315 e. The quantitative estimate of drug-likeness (QED) is 0.594. The highest BCUT2D eigenvalue weighted by atomic mass is 79.9. The molecule has 0 saturated heterocycles. The van der Waals surface area contributed by atoms with Crippen molar-refractivity contribution in [2.24, 2.45) is 7.05 Å². The third kappa shape index (κ3) is 3.91. The number of urea groups is 1. The molecule has 1 aromatic heterocycles. The van der Waals surface area contributed by atoms with Crippen LogP contribution in [-0.4, -0.2) is 27.0 Å². The summed E-state index contributed by atoms with van der Waals surface area (Å²) in [7, 11) is 1.66. The van der Waals surface area contributed by atoms with Gasteiger partial charge in [-0.05, 0) is 60.1 Å². The highest BCUT2D eigenvalue weighted by Crippen LogP contribution is 2.25. The molecule has 0 spiro atoms. The number of amides is 2. The van der Waals surface area contributed by atoms with Crippen molar-refractivity contribution >= 4 is 50.2 Å². The van der Waals surface area contributed by atoms with Crippen molar-refractivity contribution in [3.05, 3.63) is 68.1 Å². The predicted molar refractivity (Wildman–Crippen MR) is 116 cm³/mol. The molecule has 0 fully saturated rings. The summed E-state index contributed by atoms with van der Waals surface area (Å²) >= 11 is 9.49. The van der Waals surface area contributed by atoms with Crippen molar-refractivity contribution in [1.82, 2.24) is 14.5 Å². The van der Waals surface area contributed by atoms with Gasteiger partial charge in [-0.2, -0.15) is 0 Å².